The number of methoxy groups -OCH3 is 1. The molecule has 0 heterocycles. The number of carbonyl (C=O) groups is 3. The fourth-order valence-electron chi connectivity index (χ4n) is 4.64. The molecule has 0 aliphatic carbocycles. The highest BCUT2D eigenvalue weighted by atomic mass is 16.6. The van der Waals surface area contributed by atoms with Crippen LogP contribution in [-0.2, 0) is 20.7 Å². The van der Waals surface area contributed by atoms with Gasteiger partial charge in [0.05, 0.1) is 7.11 Å². The van der Waals surface area contributed by atoms with Crippen molar-refractivity contribution in [2.75, 3.05) is 12.4 Å². The highest BCUT2D eigenvalue weighted by Crippen LogP contribution is 2.30. The zero-order chi connectivity index (χ0) is 31.6. The lowest BCUT2D eigenvalue weighted by molar-refractivity contribution is -0.143. The normalized spacial score (nSPS) is 13.0. The maximum Gasteiger partial charge on any atom is 0.408 e. The molecule has 8 heteroatoms. The number of rotatable bonds is 11. The van der Waals surface area contributed by atoms with Crippen molar-refractivity contribution >= 4 is 23.6 Å². The lowest BCUT2D eigenvalue weighted by Crippen LogP contribution is -2.55. The number of carbonyl (C=O) groups excluding carboxylic acids is 3. The van der Waals surface area contributed by atoms with E-state index in [0.717, 1.165) is 5.56 Å². The van der Waals surface area contributed by atoms with Crippen LogP contribution in [0.5, 0.6) is 5.75 Å². The molecule has 3 rings (SSSR count). The molecule has 3 aromatic carbocycles. The third kappa shape index (κ3) is 9.11. The summed E-state index contributed by atoms with van der Waals surface area (Å²) in [5.74, 6) is 2.42. The van der Waals surface area contributed by atoms with Crippen LogP contribution in [0.15, 0.2) is 78.9 Å². The predicted octanol–water partition coefficient (Wildman–Crippen LogP) is 6.12. The minimum atomic E-state index is -1.10. The molecule has 0 fully saturated rings. The van der Waals surface area contributed by atoms with Crippen molar-refractivity contribution in [3.05, 3.63) is 95.6 Å². The molecule has 3 aromatic rings. The Morgan fingerprint density at radius 2 is 1.58 bits per heavy atom. The van der Waals surface area contributed by atoms with E-state index in [9.17, 15) is 14.4 Å². The fourth-order valence-corrected chi connectivity index (χ4v) is 4.64. The van der Waals surface area contributed by atoms with Gasteiger partial charge in [0.25, 0.3) is 5.91 Å². The standard InChI is InChI=1S/C35H41N3O5/c1-8-24(3)38(33(40)30(23-25-15-11-10-12-16-25)37-34(41)43-35(4,5)6)31(29-18-14-13-17-26(29)9-2)32(39)36-27-19-21-28(42-7)22-20-27/h2,10-22,24,30-31H,8,23H2,1,3-7H3,(H,36,39)(H,37,41). The molecule has 0 aliphatic heterocycles. The first-order valence-corrected chi connectivity index (χ1v) is 14.3. The highest BCUT2D eigenvalue weighted by Gasteiger charge is 2.39. The summed E-state index contributed by atoms with van der Waals surface area (Å²) in [5, 5.41) is 5.73. The molecule has 3 amide bonds. The van der Waals surface area contributed by atoms with Gasteiger partial charge in [-0.2, -0.15) is 0 Å². The zero-order valence-corrected chi connectivity index (χ0v) is 25.7. The second-order valence-corrected chi connectivity index (χ2v) is 11.2. The van der Waals surface area contributed by atoms with Crippen LogP contribution in [0.4, 0.5) is 10.5 Å². The Labute approximate surface area is 254 Å². The van der Waals surface area contributed by atoms with Gasteiger partial charge in [0.1, 0.15) is 23.4 Å². The Hall–Kier alpha value is -4.77. The molecule has 0 aliphatic rings. The van der Waals surface area contributed by atoms with Crippen LogP contribution in [0.3, 0.4) is 0 Å². The maximum atomic E-state index is 14.6. The number of nitrogens with zero attached hydrogens (tertiary/aromatic N) is 1. The van der Waals surface area contributed by atoms with Gasteiger partial charge in [0.15, 0.2) is 0 Å². The Morgan fingerprint density at radius 3 is 2.16 bits per heavy atom. The van der Waals surface area contributed by atoms with Crippen molar-refractivity contribution in [1.29, 1.82) is 0 Å². The molecule has 3 unspecified atom stereocenters. The minimum Gasteiger partial charge on any atom is -0.497 e. The first-order valence-electron chi connectivity index (χ1n) is 14.3. The largest absolute Gasteiger partial charge is 0.497 e. The quantitative estimate of drug-likeness (QED) is 0.265. The van der Waals surface area contributed by atoms with Gasteiger partial charge in [-0.25, -0.2) is 4.79 Å². The number of nitrogens with one attached hydrogen (secondary N) is 2. The van der Waals surface area contributed by atoms with E-state index in [0.29, 0.717) is 29.0 Å². The van der Waals surface area contributed by atoms with Gasteiger partial charge < -0.3 is 25.0 Å². The molecular formula is C35H41N3O5. The first-order chi connectivity index (χ1) is 20.5. The average Bonchev–Trinajstić information content (AvgIpc) is 2.98. The summed E-state index contributed by atoms with van der Waals surface area (Å²) in [6, 6.07) is 20.8. The Morgan fingerprint density at radius 1 is 0.953 bits per heavy atom. The van der Waals surface area contributed by atoms with Crippen LogP contribution in [-0.4, -0.2) is 47.6 Å². The van der Waals surface area contributed by atoms with Gasteiger partial charge in [-0.1, -0.05) is 61.4 Å². The molecule has 0 aromatic heterocycles. The number of ether oxygens (including phenoxy) is 2. The monoisotopic (exact) mass is 583 g/mol. The molecule has 0 radical (unpaired) electrons. The Bertz CT molecular complexity index is 1420. The molecule has 0 saturated carbocycles. The second kappa shape index (κ2) is 14.9. The van der Waals surface area contributed by atoms with Crippen LogP contribution in [0, 0.1) is 12.3 Å². The molecular weight excluding hydrogens is 542 g/mol. The topological polar surface area (TPSA) is 97.0 Å². The van der Waals surface area contributed by atoms with Crippen molar-refractivity contribution in [2.45, 2.75) is 71.2 Å². The van der Waals surface area contributed by atoms with E-state index in [4.69, 9.17) is 15.9 Å². The smallest absolute Gasteiger partial charge is 0.408 e. The van der Waals surface area contributed by atoms with E-state index in [-0.39, 0.29) is 6.42 Å². The molecule has 43 heavy (non-hydrogen) atoms. The third-order valence-electron chi connectivity index (χ3n) is 6.89. The summed E-state index contributed by atoms with van der Waals surface area (Å²) in [6.07, 6.45) is 5.88. The summed E-state index contributed by atoms with van der Waals surface area (Å²) in [5.41, 5.74) is 1.58. The average molecular weight is 584 g/mol. The first kappa shape index (κ1) is 32.7. The van der Waals surface area contributed by atoms with Crippen molar-refractivity contribution in [1.82, 2.24) is 10.2 Å². The minimum absolute atomic E-state index is 0.190. The van der Waals surface area contributed by atoms with Gasteiger partial charge in [-0.3, -0.25) is 9.59 Å². The van der Waals surface area contributed by atoms with Crippen LogP contribution in [0.2, 0.25) is 0 Å². The lowest BCUT2D eigenvalue weighted by atomic mass is 9.94. The Kier molecular flexibility index (Phi) is 11.4. The van der Waals surface area contributed by atoms with Crippen molar-refractivity contribution < 1.29 is 23.9 Å². The van der Waals surface area contributed by atoms with Crippen molar-refractivity contribution in [2.24, 2.45) is 0 Å². The summed E-state index contributed by atoms with van der Waals surface area (Å²) >= 11 is 0. The van der Waals surface area contributed by atoms with Gasteiger partial charge in [-0.15, -0.1) is 6.42 Å². The van der Waals surface area contributed by atoms with Crippen molar-refractivity contribution in [3.8, 4) is 18.1 Å². The number of alkyl carbamates (subject to hydrolysis) is 1. The van der Waals surface area contributed by atoms with Crippen molar-refractivity contribution in [3.63, 3.8) is 0 Å². The van der Waals surface area contributed by atoms with E-state index in [1.54, 1.807) is 76.4 Å². The van der Waals surface area contributed by atoms with Gasteiger partial charge >= 0.3 is 6.09 Å². The number of anilines is 1. The van der Waals surface area contributed by atoms with E-state index >= 15 is 0 Å². The van der Waals surface area contributed by atoms with Gasteiger partial charge in [-0.05, 0) is 75.6 Å². The van der Waals surface area contributed by atoms with Crippen LogP contribution in [0.1, 0.15) is 63.8 Å². The summed E-state index contributed by atoms with van der Waals surface area (Å²) < 4.78 is 10.8. The van der Waals surface area contributed by atoms with Crippen LogP contribution >= 0.6 is 0 Å². The molecule has 3 atom stereocenters. The molecule has 8 nitrogen and oxygen atoms in total. The van der Waals surface area contributed by atoms with E-state index < -0.39 is 41.6 Å². The SMILES string of the molecule is C#Cc1ccccc1C(C(=O)Nc1ccc(OC)cc1)N(C(=O)C(Cc1ccccc1)NC(=O)OC(C)(C)C)C(C)CC. The third-order valence-corrected chi connectivity index (χ3v) is 6.89. The summed E-state index contributed by atoms with van der Waals surface area (Å²) in [6.45, 7) is 9.06. The van der Waals surface area contributed by atoms with E-state index in [2.05, 4.69) is 16.6 Å². The van der Waals surface area contributed by atoms with E-state index in [1.807, 2.05) is 44.2 Å². The molecule has 0 spiro atoms. The number of benzene rings is 3. The highest BCUT2D eigenvalue weighted by molar-refractivity contribution is 5.99. The van der Waals surface area contributed by atoms with E-state index in [1.165, 1.54) is 4.90 Å². The number of amides is 3. The fraction of sp³-hybridized carbons (Fsp3) is 0.343. The molecule has 226 valence electrons. The number of hydrogen-bond donors (Lipinski definition) is 2. The van der Waals surface area contributed by atoms with Crippen LogP contribution < -0.4 is 15.4 Å². The Balaban J connectivity index is 2.11. The molecule has 0 saturated heterocycles. The zero-order valence-electron chi connectivity index (χ0n) is 25.7. The second-order valence-electron chi connectivity index (χ2n) is 11.2. The lowest BCUT2D eigenvalue weighted by Gasteiger charge is -2.38. The number of terminal acetylenes is 1. The summed E-state index contributed by atoms with van der Waals surface area (Å²) in [4.78, 5) is 43.3. The van der Waals surface area contributed by atoms with Gasteiger partial charge in [0.2, 0.25) is 5.91 Å². The number of hydrogen-bond acceptors (Lipinski definition) is 5. The summed E-state index contributed by atoms with van der Waals surface area (Å²) in [7, 11) is 1.56. The van der Waals surface area contributed by atoms with Crippen LogP contribution in [0.25, 0.3) is 0 Å². The molecule has 2 N–H and O–H groups in total. The maximum absolute atomic E-state index is 14.6. The predicted molar refractivity (Wildman–Crippen MR) is 169 cm³/mol. The van der Waals surface area contributed by atoms with Gasteiger partial charge in [0, 0.05) is 23.7 Å². The molecule has 0 bridgehead atoms.